The summed E-state index contributed by atoms with van der Waals surface area (Å²) in [5, 5.41) is 13.7. The van der Waals surface area contributed by atoms with Gasteiger partial charge in [-0.3, -0.25) is 4.79 Å². The lowest BCUT2D eigenvalue weighted by Gasteiger charge is -2.22. The molecule has 0 saturated heterocycles. The van der Waals surface area contributed by atoms with E-state index in [1.165, 1.54) is 0 Å². The highest BCUT2D eigenvalue weighted by Crippen LogP contribution is 2.34. The average molecular weight is 282 g/mol. The molecule has 6 heteroatoms. The van der Waals surface area contributed by atoms with Gasteiger partial charge in [-0.2, -0.15) is 0 Å². The number of carboxylic acids is 1. The van der Waals surface area contributed by atoms with Crippen LogP contribution >= 0.6 is 11.3 Å². The van der Waals surface area contributed by atoms with Crippen molar-refractivity contribution in [2.75, 3.05) is 7.05 Å². The molecule has 1 unspecified atom stereocenters. The monoisotopic (exact) mass is 282 g/mol. The molecule has 1 aromatic heterocycles. The first-order valence-corrected chi connectivity index (χ1v) is 7.20. The van der Waals surface area contributed by atoms with Crippen molar-refractivity contribution < 1.29 is 14.7 Å². The van der Waals surface area contributed by atoms with E-state index in [0.29, 0.717) is 12.5 Å². The maximum Gasteiger partial charge on any atom is 0.317 e. The average Bonchev–Trinajstić information content (AvgIpc) is 3.07. The molecule has 1 aliphatic carbocycles. The van der Waals surface area contributed by atoms with Crippen LogP contribution < -0.4 is 5.32 Å². The number of rotatable bonds is 6. The maximum atomic E-state index is 12.0. The third kappa shape index (κ3) is 4.24. The van der Waals surface area contributed by atoms with Gasteiger partial charge < -0.3 is 15.3 Å². The molecule has 1 aliphatic rings. The molecule has 2 N–H and O–H groups in total. The maximum absolute atomic E-state index is 12.0. The third-order valence-electron chi connectivity index (χ3n) is 3.21. The Morgan fingerprint density at radius 2 is 2.32 bits per heavy atom. The topological polar surface area (TPSA) is 69.6 Å². The zero-order chi connectivity index (χ0) is 13.8. The van der Waals surface area contributed by atoms with Crippen LogP contribution in [-0.4, -0.2) is 35.1 Å². The van der Waals surface area contributed by atoms with Crippen molar-refractivity contribution >= 4 is 23.3 Å². The molecule has 19 heavy (non-hydrogen) atoms. The lowest BCUT2D eigenvalue weighted by molar-refractivity contribution is -0.137. The summed E-state index contributed by atoms with van der Waals surface area (Å²) in [6.45, 7) is 0.550. The first-order chi connectivity index (χ1) is 9.06. The van der Waals surface area contributed by atoms with Crippen LogP contribution in [-0.2, 0) is 11.3 Å². The van der Waals surface area contributed by atoms with E-state index < -0.39 is 5.97 Å². The smallest absolute Gasteiger partial charge is 0.317 e. The van der Waals surface area contributed by atoms with Crippen LogP contribution in [0, 0.1) is 5.92 Å². The summed E-state index contributed by atoms with van der Waals surface area (Å²) in [5.41, 5.74) is 0. The van der Waals surface area contributed by atoms with Crippen LogP contribution in [0.3, 0.4) is 0 Å². The second-order valence-electron chi connectivity index (χ2n) is 4.93. The quantitative estimate of drug-likeness (QED) is 0.840. The van der Waals surface area contributed by atoms with Gasteiger partial charge in [0.2, 0.25) is 0 Å². The Morgan fingerprint density at radius 1 is 1.58 bits per heavy atom. The minimum atomic E-state index is -0.863. The minimum Gasteiger partial charge on any atom is -0.481 e. The molecule has 5 nitrogen and oxygen atoms in total. The molecular formula is C13H18N2O3S. The summed E-state index contributed by atoms with van der Waals surface area (Å²) >= 11 is 1.60. The van der Waals surface area contributed by atoms with Gasteiger partial charge in [0.25, 0.3) is 0 Å². The molecule has 104 valence electrons. The summed E-state index contributed by atoms with van der Waals surface area (Å²) in [4.78, 5) is 25.5. The van der Waals surface area contributed by atoms with E-state index >= 15 is 0 Å². The number of nitrogens with zero attached hydrogens (tertiary/aromatic N) is 1. The lowest BCUT2D eigenvalue weighted by atomic mass is 10.1. The van der Waals surface area contributed by atoms with Gasteiger partial charge in [-0.05, 0) is 30.2 Å². The van der Waals surface area contributed by atoms with Gasteiger partial charge in [-0.15, -0.1) is 11.3 Å². The van der Waals surface area contributed by atoms with Crippen LogP contribution in [0.1, 0.15) is 24.1 Å². The highest BCUT2D eigenvalue weighted by Gasteiger charge is 2.34. The van der Waals surface area contributed by atoms with Gasteiger partial charge in [-0.1, -0.05) is 6.07 Å². The van der Waals surface area contributed by atoms with Crippen molar-refractivity contribution in [3.05, 3.63) is 22.4 Å². The van der Waals surface area contributed by atoms with Crippen molar-refractivity contribution in [1.29, 1.82) is 0 Å². The van der Waals surface area contributed by atoms with Gasteiger partial charge in [-0.25, -0.2) is 4.79 Å². The standard InChI is InChI=1S/C13H18N2O3S/c1-15(8-10-3-2-6-19-10)13(18)14-11(7-12(16)17)9-4-5-9/h2-3,6,9,11H,4-5,7-8H2,1H3,(H,14,18)(H,16,17). The zero-order valence-electron chi connectivity index (χ0n) is 10.8. The molecule has 0 aliphatic heterocycles. The van der Waals surface area contributed by atoms with Crippen LogP contribution in [0.4, 0.5) is 4.79 Å². The number of carboxylic acid groups (broad SMARTS) is 1. The summed E-state index contributed by atoms with van der Waals surface area (Å²) in [6.07, 6.45) is 2.02. The molecule has 2 rings (SSSR count). The number of carbonyl (C=O) groups is 2. The van der Waals surface area contributed by atoms with Crippen LogP contribution in [0.2, 0.25) is 0 Å². The molecule has 0 radical (unpaired) electrons. The number of thiophene rings is 1. The fourth-order valence-electron chi connectivity index (χ4n) is 2.00. The van der Waals surface area contributed by atoms with E-state index in [0.717, 1.165) is 17.7 Å². The number of hydrogen-bond acceptors (Lipinski definition) is 3. The summed E-state index contributed by atoms with van der Waals surface area (Å²) in [5.74, 6) is -0.534. The van der Waals surface area contributed by atoms with Crippen LogP contribution in [0.15, 0.2) is 17.5 Å². The number of urea groups is 1. The second kappa shape index (κ2) is 6.06. The number of carbonyl (C=O) groups excluding carboxylic acids is 1. The first kappa shape index (κ1) is 13.9. The van der Waals surface area contributed by atoms with Gasteiger partial charge in [0.1, 0.15) is 0 Å². The lowest BCUT2D eigenvalue weighted by Crippen LogP contribution is -2.44. The van der Waals surface area contributed by atoms with Gasteiger partial charge >= 0.3 is 12.0 Å². The van der Waals surface area contributed by atoms with E-state index in [4.69, 9.17) is 5.11 Å². The SMILES string of the molecule is CN(Cc1cccs1)C(=O)NC(CC(=O)O)C1CC1. The predicted octanol–water partition coefficient (Wildman–Crippen LogP) is 2.14. The first-order valence-electron chi connectivity index (χ1n) is 6.32. The third-order valence-corrected chi connectivity index (χ3v) is 4.08. The van der Waals surface area contributed by atoms with Crippen molar-refractivity contribution in [2.24, 2.45) is 5.92 Å². The minimum absolute atomic E-state index is 0.00322. The number of nitrogens with one attached hydrogen (secondary N) is 1. The Hall–Kier alpha value is -1.56. The van der Waals surface area contributed by atoms with E-state index in [1.807, 2.05) is 17.5 Å². The van der Waals surface area contributed by atoms with Gasteiger partial charge in [0.15, 0.2) is 0 Å². The Bertz CT molecular complexity index is 443. The highest BCUT2D eigenvalue weighted by atomic mass is 32.1. The zero-order valence-corrected chi connectivity index (χ0v) is 11.7. The highest BCUT2D eigenvalue weighted by molar-refractivity contribution is 7.09. The Kier molecular flexibility index (Phi) is 4.42. The van der Waals surface area contributed by atoms with Crippen molar-refractivity contribution in [2.45, 2.75) is 31.8 Å². The number of aliphatic carboxylic acids is 1. The molecule has 2 amide bonds. The molecule has 1 aromatic rings. The summed E-state index contributed by atoms with van der Waals surface area (Å²) in [7, 11) is 1.72. The summed E-state index contributed by atoms with van der Waals surface area (Å²) < 4.78 is 0. The fraction of sp³-hybridized carbons (Fsp3) is 0.538. The Morgan fingerprint density at radius 3 is 2.84 bits per heavy atom. The van der Waals surface area contributed by atoms with E-state index in [1.54, 1.807) is 23.3 Å². The molecule has 0 aromatic carbocycles. The van der Waals surface area contributed by atoms with E-state index in [2.05, 4.69) is 5.32 Å². The molecule has 1 atom stereocenters. The van der Waals surface area contributed by atoms with Gasteiger partial charge in [0.05, 0.1) is 13.0 Å². The number of amides is 2. The fourth-order valence-corrected chi connectivity index (χ4v) is 2.76. The largest absolute Gasteiger partial charge is 0.481 e. The van der Waals surface area contributed by atoms with Crippen LogP contribution in [0.5, 0.6) is 0 Å². The van der Waals surface area contributed by atoms with E-state index in [9.17, 15) is 9.59 Å². The van der Waals surface area contributed by atoms with Crippen molar-refractivity contribution in [1.82, 2.24) is 10.2 Å². The normalized spacial score (nSPS) is 15.8. The Balaban J connectivity index is 1.85. The van der Waals surface area contributed by atoms with Crippen molar-refractivity contribution in [3.63, 3.8) is 0 Å². The molecular weight excluding hydrogens is 264 g/mol. The molecule has 0 bridgehead atoms. The number of hydrogen-bond donors (Lipinski definition) is 2. The van der Waals surface area contributed by atoms with Crippen molar-refractivity contribution in [3.8, 4) is 0 Å². The predicted molar refractivity (Wildman–Crippen MR) is 73.1 cm³/mol. The molecule has 1 fully saturated rings. The second-order valence-corrected chi connectivity index (χ2v) is 5.96. The summed E-state index contributed by atoms with van der Waals surface area (Å²) in [6, 6.07) is 3.48. The van der Waals surface area contributed by atoms with Crippen LogP contribution in [0.25, 0.3) is 0 Å². The molecule has 1 heterocycles. The van der Waals surface area contributed by atoms with Gasteiger partial charge in [0, 0.05) is 18.0 Å². The molecule has 0 spiro atoms. The Labute approximate surface area is 116 Å². The molecule has 1 saturated carbocycles. The van der Waals surface area contributed by atoms with E-state index in [-0.39, 0.29) is 18.5 Å².